The monoisotopic (exact) mass is 428 g/mol. The Morgan fingerprint density at radius 2 is 1.65 bits per heavy atom. The summed E-state index contributed by atoms with van der Waals surface area (Å²) in [6, 6.07) is 5.69. The van der Waals surface area contributed by atoms with E-state index in [1.54, 1.807) is 0 Å². The van der Waals surface area contributed by atoms with Crippen molar-refractivity contribution in [1.29, 1.82) is 0 Å². The number of carboxylic acid groups (broad SMARTS) is 1. The Labute approximate surface area is 163 Å². The lowest BCUT2D eigenvalue weighted by Crippen LogP contribution is -2.16. The molecule has 12 heteroatoms. The van der Waals surface area contributed by atoms with Gasteiger partial charge in [0.1, 0.15) is 12.4 Å². The van der Waals surface area contributed by atoms with Gasteiger partial charge in [-0.15, -0.1) is 0 Å². The number of hydrogen-bond acceptors (Lipinski definition) is 7. The third-order valence-corrected chi connectivity index (χ3v) is 3.11. The van der Waals surface area contributed by atoms with Crippen molar-refractivity contribution in [2.24, 2.45) is 5.73 Å². The molecule has 0 aliphatic rings. The zero-order valence-corrected chi connectivity index (χ0v) is 15.5. The topological polar surface area (TPSA) is 150 Å². The summed E-state index contributed by atoms with van der Waals surface area (Å²) in [7, 11) is 0. The Morgan fingerprint density at radius 1 is 1.15 bits per heavy atom. The van der Waals surface area contributed by atoms with Gasteiger partial charge in [-0.05, 0) is 17.7 Å². The number of ether oxygens (including phenoxy) is 1. The minimum absolute atomic E-state index is 0.0109. The Kier molecular flexibility index (Phi) is 10.8. The highest BCUT2D eigenvalue weighted by atomic mass is 35.6. The van der Waals surface area contributed by atoms with Gasteiger partial charge < -0.3 is 15.6 Å². The summed E-state index contributed by atoms with van der Waals surface area (Å²) in [5.41, 5.74) is 5.72. The molecule has 0 bridgehead atoms. The number of carbonyl (C=O) groups excluding carboxylic acids is 2. The summed E-state index contributed by atoms with van der Waals surface area (Å²) in [5, 5.41) is 18.3. The lowest BCUT2D eigenvalue weighted by molar-refractivity contribution is -0.384. The van der Waals surface area contributed by atoms with Gasteiger partial charge in [-0.1, -0.05) is 34.8 Å². The van der Waals surface area contributed by atoms with Gasteiger partial charge in [0.15, 0.2) is 0 Å². The van der Waals surface area contributed by atoms with Crippen LogP contribution in [0.2, 0.25) is 0 Å². The maximum absolute atomic E-state index is 11.3. The molecule has 0 aromatic heterocycles. The summed E-state index contributed by atoms with van der Waals surface area (Å²) < 4.78 is 2.75. The molecule has 0 amide bonds. The molecular formula is C14H15Cl3N2O7. The zero-order valence-electron chi connectivity index (χ0n) is 13.2. The molecule has 0 aliphatic heterocycles. The van der Waals surface area contributed by atoms with Crippen molar-refractivity contribution in [2.45, 2.75) is 23.2 Å². The smallest absolute Gasteiger partial charge is 0.356 e. The molecule has 0 heterocycles. The van der Waals surface area contributed by atoms with Crippen molar-refractivity contribution in [3.05, 3.63) is 39.9 Å². The lowest BCUT2D eigenvalue weighted by Gasteiger charge is -2.04. The number of nitrogens with two attached hydrogens (primary N) is 1. The highest BCUT2D eigenvalue weighted by molar-refractivity contribution is 6.75. The van der Waals surface area contributed by atoms with E-state index in [2.05, 4.69) is 0 Å². The van der Waals surface area contributed by atoms with E-state index in [1.807, 2.05) is 0 Å². The minimum atomic E-state index is -2.17. The first-order valence-electron chi connectivity index (χ1n) is 6.88. The van der Waals surface area contributed by atoms with Crippen molar-refractivity contribution >= 4 is 58.2 Å². The molecule has 9 nitrogen and oxygen atoms in total. The van der Waals surface area contributed by atoms with E-state index < -0.39 is 20.7 Å². The van der Waals surface area contributed by atoms with E-state index in [-0.39, 0.29) is 37.5 Å². The Bertz CT molecular complexity index is 645. The number of non-ortho nitro benzene ring substituents is 1. The van der Waals surface area contributed by atoms with Crippen LogP contribution in [-0.4, -0.2) is 38.1 Å². The predicted octanol–water partition coefficient (Wildman–Crippen LogP) is 2.39. The number of nitrogens with zero attached hydrogens (tertiary/aromatic N) is 1. The minimum Gasteiger partial charge on any atom is -0.478 e. The summed E-state index contributed by atoms with van der Waals surface area (Å²) in [5.74, 6) is -2.16. The number of rotatable bonds is 7. The second-order valence-electron chi connectivity index (χ2n) is 4.63. The van der Waals surface area contributed by atoms with Crippen molar-refractivity contribution in [3.8, 4) is 0 Å². The number of hydrogen-bond donors (Lipinski definition) is 2. The van der Waals surface area contributed by atoms with Crippen LogP contribution in [0.15, 0.2) is 24.3 Å². The number of carboxylic acids is 1. The third-order valence-electron chi connectivity index (χ3n) is 2.63. The fraction of sp³-hybridized carbons (Fsp3) is 0.357. The number of benzene rings is 1. The molecule has 0 saturated heterocycles. The van der Waals surface area contributed by atoms with E-state index in [1.165, 1.54) is 24.3 Å². The second-order valence-corrected chi connectivity index (χ2v) is 6.91. The number of nitro benzene ring substituents is 1. The molecule has 0 saturated carbocycles. The van der Waals surface area contributed by atoms with Crippen LogP contribution in [0.1, 0.15) is 18.4 Å². The van der Waals surface area contributed by atoms with Gasteiger partial charge in [0, 0.05) is 18.6 Å². The van der Waals surface area contributed by atoms with Crippen molar-refractivity contribution in [2.75, 3.05) is 6.54 Å². The van der Waals surface area contributed by atoms with Crippen LogP contribution in [0, 0.1) is 10.1 Å². The van der Waals surface area contributed by atoms with E-state index in [0.717, 1.165) is 0 Å². The number of esters is 1. The van der Waals surface area contributed by atoms with E-state index in [4.69, 9.17) is 50.4 Å². The van der Waals surface area contributed by atoms with Crippen LogP contribution in [0.3, 0.4) is 0 Å². The van der Waals surface area contributed by atoms with Gasteiger partial charge in [-0.25, -0.2) is 4.79 Å². The van der Waals surface area contributed by atoms with Crippen LogP contribution in [0.5, 0.6) is 0 Å². The van der Waals surface area contributed by atoms with E-state index in [9.17, 15) is 24.5 Å². The first kappa shape index (κ1) is 24.1. The molecule has 0 atom stereocenters. The Balaban J connectivity index is 0.000000758. The molecule has 1 rings (SSSR count). The molecule has 0 unspecified atom stereocenters. The zero-order chi connectivity index (χ0) is 20.3. The number of alkyl halides is 3. The molecule has 1 aromatic rings. The number of nitro groups is 1. The van der Waals surface area contributed by atoms with Crippen molar-refractivity contribution < 1.29 is 29.2 Å². The molecule has 0 radical (unpaired) electrons. The summed E-state index contributed by atoms with van der Waals surface area (Å²) in [4.78, 5) is 41.7. The van der Waals surface area contributed by atoms with Crippen LogP contribution in [0.4, 0.5) is 5.69 Å². The molecule has 26 heavy (non-hydrogen) atoms. The van der Waals surface area contributed by atoms with Crippen molar-refractivity contribution in [3.63, 3.8) is 0 Å². The average molecular weight is 430 g/mol. The standard InChI is InChI=1S/C12H14N2O5.C2HCl3O2/c13-7-11(15)5-6-12(16)19-8-9-1-3-10(4-2-9)14(17)18;3-2(4,5)1(6)7/h1-4H,5-8,13H2;(H,6,7). The number of ketones is 1. The van der Waals surface area contributed by atoms with Gasteiger partial charge in [0.2, 0.25) is 0 Å². The number of aliphatic carboxylic acids is 1. The highest BCUT2D eigenvalue weighted by Gasteiger charge is 2.29. The SMILES string of the molecule is NCC(=O)CCC(=O)OCc1ccc([N+](=O)[O-])cc1.O=C(O)C(Cl)(Cl)Cl. The second kappa shape index (κ2) is 11.6. The van der Waals surface area contributed by atoms with E-state index >= 15 is 0 Å². The van der Waals surface area contributed by atoms with Gasteiger partial charge in [-0.2, -0.15) is 0 Å². The average Bonchev–Trinajstić information content (AvgIpc) is 2.57. The largest absolute Gasteiger partial charge is 0.478 e. The normalized spacial score (nSPS) is 10.3. The Morgan fingerprint density at radius 3 is 2.04 bits per heavy atom. The van der Waals surface area contributed by atoms with Crippen LogP contribution >= 0.6 is 34.8 Å². The van der Waals surface area contributed by atoms with Gasteiger partial charge >= 0.3 is 11.9 Å². The van der Waals surface area contributed by atoms with Gasteiger partial charge in [0.05, 0.1) is 17.9 Å². The molecule has 0 aliphatic carbocycles. The molecule has 0 fully saturated rings. The van der Waals surface area contributed by atoms with Gasteiger partial charge in [0.25, 0.3) is 9.48 Å². The Hall–Kier alpha value is -1.94. The molecule has 0 spiro atoms. The van der Waals surface area contributed by atoms with Gasteiger partial charge in [-0.3, -0.25) is 19.7 Å². The highest BCUT2D eigenvalue weighted by Crippen LogP contribution is 2.25. The van der Waals surface area contributed by atoms with Crippen LogP contribution in [0.25, 0.3) is 0 Å². The lowest BCUT2D eigenvalue weighted by atomic mass is 10.2. The van der Waals surface area contributed by atoms with E-state index in [0.29, 0.717) is 5.56 Å². The van der Waals surface area contributed by atoms with Crippen LogP contribution < -0.4 is 5.73 Å². The molecule has 144 valence electrons. The van der Waals surface area contributed by atoms with Crippen molar-refractivity contribution in [1.82, 2.24) is 0 Å². The first-order chi connectivity index (χ1) is 12.0. The maximum atomic E-state index is 11.3. The first-order valence-corrected chi connectivity index (χ1v) is 8.01. The summed E-state index contributed by atoms with van der Waals surface area (Å²) in [6.45, 7) is -0.0662. The fourth-order valence-corrected chi connectivity index (χ4v) is 1.29. The molecule has 1 aromatic carbocycles. The molecule has 3 N–H and O–H groups in total. The fourth-order valence-electron chi connectivity index (χ4n) is 1.29. The number of carbonyl (C=O) groups is 3. The molecular weight excluding hydrogens is 415 g/mol. The number of Topliss-reactive ketones (excluding diaryl/α,β-unsaturated/α-hetero) is 1. The maximum Gasteiger partial charge on any atom is 0.356 e. The number of halogens is 3. The predicted molar refractivity (Wildman–Crippen MR) is 94.1 cm³/mol. The van der Waals surface area contributed by atoms with Crippen LogP contribution in [-0.2, 0) is 25.7 Å². The third kappa shape index (κ3) is 10.8. The quantitative estimate of drug-likeness (QED) is 0.290. The summed E-state index contributed by atoms with van der Waals surface area (Å²) >= 11 is 14.4. The summed E-state index contributed by atoms with van der Waals surface area (Å²) in [6.07, 6.45) is 0.0542.